The lowest BCUT2D eigenvalue weighted by molar-refractivity contribution is 0.285. The normalized spacial score (nSPS) is 17.4. The van der Waals surface area contributed by atoms with E-state index in [1.54, 1.807) is 0 Å². The van der Waals surface area contributed by atoms with Crippen molar-refractivity contribution in [1.82, 2.24) is 0 Å². The summed E-state index contributed by atoms with van der Waals surface area (Å²) in [6, 6.07) is 9.35. The monoisotopic (exact) mass is 245 g/mol. The second-order valence-electron chi connectivity index (χ2n) is 3.85. The Kier molecular flexibility index (Phi) is 2.32. The predicted octanol–water partition coefficient (Wildman–Crippen LogP) is 4.24. The number of hydrogen-bond donors (Lipinski definition) is 0. The summed E-state index contributed by atoms with van der Waals surface area (Å²) in [5, 5.41) is 6.33. The second-order valence-corrected chi connectivity index (χ2v) is 4.26. The van der Waals surface area contributed by atoms with Gasteiger partial charge in [0.15, 0.2) is 0 Å². The molecule has 5 heteroatoms. The SMILES string of the molecule is [N-]=[N+]=NC1COc2c(Cl)ccc3cccc1c23. The van der Waals surface area contributed by atoms with E-state index in [9.17, 15) is 0 Å². The molecule has 1 aliphatic heterocycles. The zero-order valence-corrected chi connectivity index (χ0v) is 9.55. The van der Waals surface area contributed by atoms with E-state index in [-0.39, 0.29) is 6.04 Å². The van der Waals surface area contributed by atoms with E-state index in [2.05, 4.69) is 10.0 Å². The number of rotatable bonds is 1. The Morgan fingerprint density at radius 3 is 3.06 bits per heavy atom. The van der Waals surface area contributed by atoms with Gasteiger partial charge in [0.25, 0.3) is 0 Å². The molecule has 0 aliphatic carbocycles. The van der Waals surface area contributed by atoms with Gasteiger partial charge in [-0.2, -0.15) is 0 Å². The van der Waals surface area contributed by atoms with Crippen molar-refractivity contribution in [3.8, 4) is 5.75 Å². The van der Waals surface area contributed by atoms with Gasteiger partial charge in [-0.3, -0.25) is 0 Å². The van der Waals surface area contributed by atoms with Gasteiger partial charge in [-0.1, -0.05) is 41.0 Å². The van der Waals surface area contributed by atoms with Crippen LogP contribution in [0.4, 0.5) is 0 Å². The van der Waals surface area contributed by atoms with Crippen LogP contribution in [0.2, 0.25) is 5.02 Å². The Bertz CT molecular complexity index is 649. The Labute approximate surface area is 102 Å². The topological polar surface area (TPSA) is 58.0 Å². The number of nitrogens with zero attached hydrogens (tertiary/aromatic N) is 3. The molecular formula is C12H8ClN3O. The van der Waals surface area contributed by atoms with Gasteiger partial charge < -0.3 is 4.74 Å². The third-order valence-electron chi connectivity index (χ3n) is 2.92. The molecule has 17 heavy (non-hydrogen) atoms. The summed E-state index contributed by atoms with van der Waals surface area (Å²) in [6.07, 6.45) is 0. The summed E-state index contributed by atoms with van der Waals surface area (Å²) in [7, 11) is 0. The summed E-state index contributed by atoms with van der Waals surface area (Å²) >= 11 is 6.11. The molecule has 2 aromatic rings. The Morgan fingerprint density at radius 1 is 1.35 bits per heavy atom. The summed E-state index contributed by atoms with van der Waals surface area (Å²) in [5.41, 5.74) is 9.53. The van der Waals surface area contributed by atoms with Gasteiger partial charge in [-0.05, 0) is 22.5 Å². The molecule has 1 aliphatic rings. The maximum atomic E-state index is 8.55. The van der Waals surface area contributed by atoms with Crippen molar-refractivity contribution in [2.45, 2.75) is 6.04 Å². The van der Waals surface area contributed by atoms with Crippen molar-refractivity contribution < 1.29 is 4.74 Å². The highest BCUT2D eigenvalue weighted by Gasteiger charge is 2.23. The summed E-state index contributed by atoms with van der Waals surface area (Å²) in [5.74, 6) is 0.684. The molecule has 0 aromatic heterocycles. The first-order valence-electron chi connectivity index (χ1n) is 5.19. The minimum Gasteiger partial charge on any atom is -0.491 e. The summed E-state index contributed by atoms with van der Waals surface area (Å²) < 4.78 is 5.59. The first-order valence-corrected chi connectivity index (χ1v) is 5.57. The predicted molar refractivity (Wildman–Crippen MR) is 66.3 cm³/mol. The van der Waals surface area contributed by atoms with Gasteiger partial charge in [-0.15, -0.1) is 0 Å². The molecule has 1 unspecified atom stereocenters. The van der Waals surface area contributed by atoms with Crippen LogP contribution in [0.5, 0.6) is 5.75 Å². The number of hydrogen-bond acceptors (Lipinski definition) is 2. The number of halogens is 1. The third kappa shape index (κ3) is 1.50. The quantitative estimate of drug-likeness (QED) is 0.421. The van der Waals surface area contributed by atoms with Crippen molar-refractivity contribution in [2.24, 2.45) is 5.11 Å². The van der Waals surface area contributed by atoms with Gasteiger partial charge >= 0.3 is 0 Å². The minimum atomic E-state index is -0.283. The Balaban J connectivity index is 2.38. The lowest BCUT2D eigenvalue weighted by Gasteiger charge is -2.23. The lowest BCUT2D eigenvalue weighted by atomic mass is 9.97. The molecule has 1 heterocycles. The average Bonchev–Trinajstić information content (AvgIpc) is 2.36. The molecule has 84 valence electrons. The summed E-state index contributed by atoms with van der Waals surface area (Å²) in [6.45, 7) is 0.333. The van der Waals surface area contributed by atoms with Crippen LogP contribution in [0.25, 0.3) is 21.2 Å². The Morgan fingerprint density at radius 2 is 2.24 bits per heavy atom. The van der Waals surface area contributed by atoms with Crippen molar-refractivity contribution in [1.29, 1.82) is 0 Å². The van der Waals surface area contributed by atoms with Crippen LogP contribution in [0.3, 0.4) is 0 Å². The third-order valence-corrected chi connectivity index (χ3v) is 3.22. The number of azide groups is 1. The van der Waals surface area contributed by atoms with Crippen LogP contribution in [-0.2, 0) is 0 Å². The molecule has 0 spiro atoms. The fourth-order valence-electron chi connectivity index (χ4n) is 2.18. The van der Waals surface area contributed by atoms with Crippen LogP contribution in [0.15, 0.2) is 35.4 Å². The van der Waals surface area contributed by atoms with Gasteiger partial charge in [0.05, 0.1) is 11.1 Å². The highest BCUT2D eigenvalue weighted by atomic mass is 35.5. The van der Waals surface area contributed by atoms with Crippen molar-refractivity contribution in [2.75, 3.05) is 6.61 Å². The molecular weight excluding hydrogens is 238 g/mol. The zero-order chi connectivity index (χ0) is 11.8. The van der Waals surface area contributed by atoms with Gasteiger partial charge in [0.1, 0.15) is 12.4 Å². The molecule has 0 radical (unpaired) electrons. The van der Waals surface area contributed by atoms with Crippen LogP contribution in [-0.4, -0.2) is 6.61 Å². The fraction of sp³-hybridized carbons (Fsp3) is 0.167. The van der Waals surface area contributed by atoms with Gasteiger partial charge in [0.2, 0.25) is 0 Å². The highest BCUT2D eigenvalue weighted by Crippen LogP contribution is 2.42. The van der Waals surface area contributed by atoms with Crippen molar-refractivity contribution in [3.05, 3.63) is 51.4 Å². The van der Waals surface area contributed by atoms with E-state index in [4.69, 9.17) is 21.9 Å². The molecule has 2 aromatic carbocycles. The lowest BCUT2D eigenvalue weighted by Crippen LogP contribution is -2.14. The highest BCUT2D eigenvalue weighted by molar-refractivity contribution is 6.33. The smallest absolute Gasteiger partial charge is 0.146 e. The van der Waals surface area contributed by atoms with Crippen LogP contribution in [0.1, 0.15) is 11.6 Å². The van der Waals surface area contributed by atoms with Crippen molar-refractivity contribution in [3.63, 3.8) is 0 Å². The molecule has 0 N–H and O–H groups in total. The minimum absolute atomic E-state index is 0.283. The van der Waals surface area contributed by atoms with Gasteiger partial charge in [-0.25, -0.2) is 0 Å². The van der Waals surface area contributed by atoms with E-state index < -0.39 is 0 Å². The average molecular weight is 246 g/mol. The zero-order valence-electron chi connectivity index (χ0n) is 8.80. The molecule has 0 saturated carbocycles. The number of ether oxygens (including phenoxy) is 1. The maximum absolute atomic E-state index is 8.55. The molecule has 1 atom stereocenters. The molecule has 0 amide bonds. The standard InChI is InChI=1S/C12H8ClN3O/c13-9-5-4-7-2-1-3-8-10(15-16-14)6-17-12(9)11(7)8/h1-5,10H,6H2. The first kappa shape index (κ1) is 10.3. The van der Waals surface area contributed by atoms with E-state index >= 15 is 0 Å². The van der Waals surface area contributed by atoms with E-state index in [1.165, 1.54) is 0 Å². The van der Waals surface area contributed by atoms with Crippen LogP contribution >= 0.6 is 11.6 Å². The van der Waals surface area contributed by atoms with Gasteiger partial charge in [0, 0.05) is 10.3 Å². The largest absolute Gasteiger partial charge is 0.491 e. The maximum Gasteiger partial charge on any atom is 0.146 e. The molecule has 0 bridgehead atoms. The van der Waals surface area contributed by atoms with Crippen LogP contribution in [0, 0.1) is 0 Å². The van der Waals surface area contributed by atoms with E-state index in [0.29, 0.717) is 17.4 Å². The van der Waals surface area contributed by atoms with E-state index in [0.717, 1.165) is 16.3 Å². The van der Waals surface area contributed by atoms with E-state index in [1.807, 2.05) is 30.3 Å². The molecule has 0 saturated heterocycles. The second kappa shape index (κ2) is 3.84. The Hall–Kier alpha value is -1.90. The molecule has 3 rings (SSSR count). The molecule has 0 fully saturated rings. The number of benzene rings is 2. The molecule has 4 nitrogen and oxygen atoms in total. The van der Waals surface area contributed by atoms with Crippen molar-refractivity contribution >= 4 is 22.4 Å². The fourth-order valence-corrected chi connectivity index (χ4v) is 2.39. The first-order chi connectivity index (χ1) is 8.31. The van der Waals surface area contributed by atoms with Crippen LogP contribution < -0.4 is 4.74 Å². The summed E-state index contributed by atoms with van der Waals surface area (Å²) in [4.78, 5) is 2.85.